The van der Waals surface area contributed by atoms with Crippen LogP contribution in [0.1, 0.15) is 58.7 Å². The highest BCUT2D eigenvalue weighted by atomic mass is 35.5. The molecule has 178 valence electrons. The number of aryl methyl sites for hydroxylation is 2. The molecule has 6 nitrogen and oxygen atoms in total. The van der Waals surface area contributed by atoms with Crippen molar-refractivity contribution in [2.24, 2.45) is 11.8 Å². The van der Waals surface area contributed by atoms with Crippen molar-refractivity contribution in [1.82, 2.24) is 19.5 Å². The molecule has 0 radical (unpaired) electrons. The van der Waals surface area contributed by atoms with E-state index in [0.29, 0.717) is 41.8 Å². The lowest BCUT2D eigenvalue weighted by atomic mass is 9.85. The molecule has 0 saturated heterocycles. The van der Waals surface area contributed by atoms with Gasteiger partial charge in [0, 0.05) is 11.6 Å². The van der Waals surface area contributed by atoms with Gasteiger partial charge in [0.25, 0.3) is 5.91 Å². The molecule has 2 aromatic heterocycles. The van der Waals surface area contributed by atoms with Gasteiger partial charge >= 0.3 is 0 Å². The number of carbonyl (C=O) groups is 1. The number of fused-ring (bicyclic) bond motifs is 5. The minimum atomic E-state index is -1.10. The van der Waals surface area contributed by atoms with E-state index in [2.05, 4.69) is 10.1 Å². The van der Waals surface area contributed by atoms with Gasteiger partial charge in [-0.2, -0.15) is 5.10 Å². The average Bonchev–Trinajstić information content (AvgIpc) is 3.50. The third-order valence-electron chi connectivity index (χ3n) is 7.65. The number of carbonyl (C=O) groups excluding carboxylic acids is 1. The SMILES string of the molecule is Cc1nc2c3c(nn2c(C)c1Cl)CN(C(=O)c1ccc(F)cc1O[C@H]1CC2CC[C@H](C2)C1F)C3. The number of aromatic nitrogens is 3. The van der Waals surface area contributed by atoms with Gasteiger partial charge < -0.3 is 9.64 Å². The minimum absolute atomic E-state index is 0.00526. The monoisotopic (exact) mass is 486 g/mol. The summed E-state index contributed by atoms with van der Waals surface area (Å²) >= 11 is 6.32. The Kier molecular flexibility index (Phi) is 5.06. The highest BCUT2D eigenvalue weighted by Crippen LogP contribution is 2.45. The Labute approximate surface area is 200 Å². The third kappa shape index (κ3) is 3.37. The quantitative estimate of drug-likeness (QED) is 0.510. The Hall–Kier alpha value is -2.74. The summed E-state index contributed by atoms with van der Waals surface area (Å²) in [5.74, 6) is -0.283. The Balaban J connectivity index is 1.28. The summed E-state index contributed by atoms with van der Waals surface area (Å²) < 4.78 is 36.8. The van der Waals surface area contributed by atoms with Crippen molar-refractivity contribution in [3.8, 4) is 5.75 Å². The standard InChI is InChI=1S/C25H25ClF2N4O2/c1-12-22(26)13(2)32-24(29-12)18-10-31(11-19(18)30-32)25(33)17-6-5-16(27)9-20(17)34-21-8-14-3-4-15(7-14)23(21)28/h5-6,9,14-15,21,23H,3-4,7-8,10-11H2,1-2H3/t14?,15-,21+,23?/m1/s1. The second-order valence-corrected chi connectivity index (χ2v) is 10.2. The lowest BCUT2D eigenvalue weighted by molar-refractivity contribution is 0.0244. The first-order chi connectivity index (χ1) is 16.3. The van der Waals surface area contributed by atoms with Gasteiger partial charge in [-0.25, -0.2) is 18.3 Å². The summed E-state index contributed by atoms with van der Waals surface area (Å²) in [7, 11) is 0. The van der Waals surface area contributed by atoms with Crippen molar-refractivity contribution >= 4 is 23.2 Å². The maximum atomic E-state index is 15.0. The van der Waals surface area contributed by atoms with Crippen molar-refractivity contribution < 1.29 is 18.3 Å². The Bertz CT molecular complexity index is 1330. The number of rotatable bonds is 3. The Morgan fingerprint density at radius 2 is 2.03 bits per heavy atom. The van der Waals surface area contributed by atoms with Crippen molar-refractivity contribution in [1.29, 1.82) is 0 Å². The van der Waals surface area contributed by atoms with Gasteiger partial charge in [0.1, 0.15) is 23.8 Å². The van der Waals surface area contributed by atoms with Crippen LogP contribution in [0.3, 0.4) is 0 Å². The second-order valence-electron chi connectivity index (χ2n) is 9.83. The molecule has 3 aromatic rings. The molecule has 6 rings (SSSR count). The van der Waals surface area contributed by atoms with E-state index in [-0.39, 0.29) is 23.1 Å². The molecule has 2 aliphatic carbocycles. The predicted molar refractivity (Wildman–Crippen MR) is 122 cm³/mol. The molecule has 2 saturated carbocycles. The van der Waals surface area contributed by atoms with Crippen LogP contribution in [-0.4, -0.2) is 37.7 Å². The smallest absolute Gasteiger partial charge is 0.258 e. The highest BCUT2D eigenvalue weighted by molar-refractivity contribution is 6.31. The molecule has 0 spiro atoms. The summed E-state index contributed by atoms with van der Waals surface area (Å²) in [4.78, 5) is 19.7. The molecule has 1 aliphatic heterocycles. The first kappa shape index (κ1) is 21.8. The highest BCUT2D eigenvalue weighted by Gasteiger charge is 2.44. The van der Waals surface area contributed by atoms with Crippen LogP contribution in [0.4, 0.5) is 8.78 Å². The van der Waals surface area contributed by atoms with Crippen LogP contribution < -0.4 is 4.74 Å². The number of benzene rings is 1. The Morgan fingerprint density at radius 1 is 1.21 bits per heavy atom. The number of hydrogen-bond acceptors (Lipinski definition) is 4. The molecule has 2 fully saturated rings. The van der Waals surface area contributed by atoms with E-state index in [0.717, 1.165) is 36.2 Å². The van der Waals surface area contributed by atoms with Gasteiger partial charge in [-0.3, -0.25) is 4.79 Å². The topological polar surface area (TPSA) is 59.7 Å². The van der Waals surface area contributed by atoms with E-state index < -0.39 is 18.1 Å². The van der Waals surface area contributed by atoms with E-state index in [4.69, 9.17) is 16.3 Å². The first-order valence-electron chi connectivity index (χ1n) is 11.7. The van der Waals surface area contributed by atoms with E-state index in [1.54, 1.807) is 9.42 Å². The zero-order valence-electron chi connectivity index (χ0n) is 19.0. The maximum Gasteiger partial charge on any atom is 0.258 e. The van der Waals surface area contributed by atoms with Crippen molar-refractivity contribution in [3.05, 3.63) is 57.2 Å². The normalized spacial score (nSPS) is 25.7. The van der Waals surface area contributed by atoms with Gasteiger partial charge in [-0.05, 0) is 63.5 Å². The van der Waals surface area contributed by atoms with Crippen LogP contribution in [0.25, 0.3) is 5.65 Å². The van der Waals surface area contributed by atoms with E-state index in [9.17, 15) is 13.6 Å². The average molecular weight is 487 g/mol. The number of amides is 1. The van der Waals surface area contributed by atoms with Crippen molar-refractivity contribution in [2.75, 3.05) is 0 Å². The summed E-state index contributed by atoms with van der Waals surface area (Å²) in [5.41, 5.74) is 4.04. The molecule has 9 heteroatoms. The number of nitrogens with zero attached hydrogens (tertiary/aromatic N) is 4. The molecule has 1 aromatic carbocycles. The molecule has 34 heavy (non-hydrogen) atoms. The summed E-state index contributed by atoms with van der Waals surface area (Å²) in [6, 6.07) is 3.85. The van der Waals surface area contributed by atoms with Gasteiger partial charge in [0.05, 0.1) is 40.8 Å². The molecular weight excluding hydrogens is 462 g/mol. The molecule has 0 N–H and O–H groups in total. The van der Waals surface area contributed by atoms with E-state index in [1.807, 2.05) is 13.8 Å². The molecule has 2 bridgehead atoms. The molecule has 1 amide bonds. The number of alkyl halides is 1. The number of ether oxygens (including phenoxy) is 1. The van der Waals surface area contributed by atoms with Crippen LogP contribution in [0.2, 0.25) is 5.02 Å². The van der Waals surface area contributed by atoms with Crippen LogP contribution in [-0.2, 0) is 13.1 Å². The van der Waals surface area contributed by atoms with Crippen molar-refractivity contribution in [2.45, 2.75) is 64.9 Å². The molecule has 4 atom stereocenters. The largest absolute Gasteiger partial charge is 0.486 e. The van der Waals surface area contributed by atoms with Gasteiger partial charge in [-0.1, -0.05) is 11.6 Å². The van der Waals surface area contributed by atoms with E-state index >= 15 is 0 Å². The predicted octanol–water partition coefficient (Wildman–Crippen LogP) is 5.20. The van der Waals surface area contributed by atoms with Crippen LogP contribution in [0, 0.1) is 31.5 Å². The summed E-state index contributed by atoms with van der Waals surface area (Å²) in [6.45, 7) is 4.34. The molecule has 3 aliphatic rings. The fourth-order valence-corrected chi connectivity index (χ4v) is 5.98. The fourth-order valence-electron chi connectivity index (χ4n) is 5.85. The maximum absolute atomic E-state index is 15.0. The van der Waals surface area contributed by atoms with Gasteiger partial charge in [0.15, 0.2) is 5.65 Å². The minimum Gasteiger partial charge on any atom is -0.486 e. The second kappa shape index (κ2) is 7.90. The first-order valence-corrected chi connectivity index (χ1v) is 12.1. The fraction of sp³-hybridized carbons (Fsp3) is 0.480. The molecule has 3 heterocycles. The molecule has 2 unspecified atom stereocenters. The van der Waals surface area contributed by atoms with Gasteiger partial charge in [0.2, 0.25) is 0 Å². The zero-order chi connectivity index (χ0) is 23.7. The third-order valence-corrected chi connectivity index (χ3v) is 8.20. The van der Waals surface area contributed by atoms with E-state index in [1.165, 1.54) is 18.2 Å². The lowest BCUT2D eigenvalue weighted by Gasteiger charge is -2.32. The molecular formula is C25H25ClF2N4O2. The Morgan fingerprint density at radius 3 is 2.85 bits per heavy atom. The number of hydrogen-bond donors (Lipinski definition) is 0. The lowest BCUT2D eigenvalue weighted by Crippen LogP contribution is -2.38. The van der Waals surface area contributed by atoms with Crippen molar-refractivity contribution in [3.63, 3.8) is 0 Å². The summed E-state index contributed by atoms with van der Waals surface area (Å²) in [6.07, 6.45) is 1.61. The van der Waals surface area contributed by atoms with Crippen LogP contribution >= 0.6 is 11.6 Å². The van der Waals surface area contributed by atoms with Crippen LogP contribution in [0.5, 0.6) is 5.75 Å². The number of halogens is 3. The van der Waals surface area contributed by atoms with Crippen LogP contribution in [0.15, 0.2) is 18.2 Å². The zero-order valence-corrected chi connectivity index (χ0v) is 19.8. The van der Waals surface area contributed by atoms with Gasteiger partial charge in [-0.15, -0.1) is 0 Å². The summed E-state index contributed by atoms with van der Waals surface area (Å²) in [5, 5.41) is 5.19.